The molecule has 3 rings (SSSR count). The minimum absolute atomic E-state index is 0.139. The third-order valence-corrected chi connectivity index (χ3v) is 3.01. The second kappa shape index (κ2) is 5.20. The van der Waals surface area contributed by atoms with E-state index in [4.69, 9.17) is 4.52 Å². The van der Waals surface area contributed by atoms with E-state index in [2.05, 4.69) is 20.4 Å². The highest BCUT2D eigenvalue weighted by molar-refractivity contribution is 6.02. The highest BCUT2D eigenvalue weighted by Gasteiger charge is 2.16. The first-order chi connectivity index (χ1) is 10.1. The van der Waals surface area contributed by atoms with E-state index in [0.717, 1.165) is 5.56 Å². The number of anilines is 1. The van der Waals surface area contributed by atoms with E-state index < -0.39 is 0 Å². The molecule has 0 radical (unpaired) electrons. The molecule has 106 valence electrons. The normalized spacial score (nSPS) is 10.6. The minimum Gasteiger partial charge on any atom is -0.338 e. The van der Waals surface area contributed by atoms with Gasteiger partial charge in [-0.25, -0.2) is 4.98 Å². The first kappa shape index (κ1) is 13.0. The Balaban J connectivity index is 1.87. The molecule has 0 unspecified atom stereocenters. The van der Waals surface area contributed by atoms with Crippen molar-refractivity contribution in [1.29, 1.82) is 0 Å². The van der Waals surface area contributed by atoms with Crippen LogP contribution < -0.4 is 5.32 Å². The number of nitrogens with zero attached hydrogens (tertiary/aromatic N) is 4. The van der Waals surface area contributed by atoms with Crippen LogP contribution in [-0.4, -0.2) is 25.6 Å². The Bertz CT molecular complexity index is 776. The van der Waals surface area contributed by atoms with E-state index in [-0.39, 0.29) is 11.9 Å². The summed E-state index contributed by atoms with van der Waals surface area (Å²) in [5, 5.41) is 6.20. The molecule has 1 N–H and O–H groups in total. The second-order valence-corrected chi connectivity index (χ2v) is 4.48. The molecule has 0 atom stereocenters. The summed E-state index contributed by atoms with van der Waals surface area (Å²) in [5.74, 6) is 0.901. The van der Waals surface area contributed by atoms with Crippen LogP contribution in [0.15, 0.2) is 41.1 Å². The summed E-state index contributed by atoms with van der Waals surface area (Å²) >= 11 is 0. The summed E-state index contributed by atoms with van der Waals surface area (Å²) in [6.07, 6.45) is 1.52. The molecule has 2 aromatic heterocycles. The number of imidazole rings is 1. The number of carbonyl (C=O) groups is 1. The number of benzene rings is 1. The van der Waals surface area contributed by atoms with E-state index in [1.54, 1.807) is 18.5 Å². The van der Waals surface area contributed by atoms with Gasteiger partial charge in [-0.2, -0.15) is 4.98 Å². The lowest BCUT2D eigenvalue weighted by Crippen LogP contribution is -2.16. The maximum Gasteiger partial charge on any atom is 0.276 e. The average molecular weight is 283 g/mol. The maximum atomic E-state index is 12.2. The topological polar surface area (TPSA) is 85.8 Å². The lowest BCUT2D eigenvalue weighted by atomic mass is 10.2. The molecule has 21 heavy (non-hydrogen) atoms. The van der Waals surface area contributed by atoms with Crippen LogP contribution in [0.1, 0.15) is 16.4 Å². The van der Waals surface area contributed by atoms with Gasteiger partial charge in [0, 0.05) is 19.5 Å². The van der Waals surface area contributed by atoms with Crippen LogP contribution in [0.4, 0.5) is 5.95 Å². The van der Waals surface area contributed by atoms with Crippen molar-refractivity contribution in [3.63, 3.8) is 0 Å². The van der Waals surface area contributed by atoms with E-state index in [1.807, 2.05) is 30.3 Å². The van der Waals surface area contributed by atoms with Gasteiger partial charge in [0.05, 0.1) is 6.20 Å². The molecular formula is C14H13N5O2. The molecule has 7 nitrogen and oxygen atoms in total. The molecule has 3 aromatic rings. The summed E-state index contributed by atoms with van der Waals surface area (Å²) < 4.78 is 6.53. The van der Waals surface area contributed by atoms with E-state index >= 15 is 0 Å². The highest BCUT2D eigenvalue weighted by Crippen LogP contribution is 2.18. The van der Waals surface area contributed by atoms with Gasteiger partial charge in [-0.05, 0) is 5.16 Å². The summed E-state index contributed by atoms with van der Waals surface area (Å²) in [4.78, 5) is 20.4. The zero-order valence-electron chi connectivity index (χ0n) is 11.6. The van der Waals surface area contributed by atoms with E-state index in [9.17, 15) is 4.79 Å². The Labute approximate surface area is 120 Å². The van der Waals surface area contributed by atoms with Crippen LogP contribution in [0.5, 0.6) is 0 Å². The number of hydrogen-bond acceptors (Lipinski definition) is 5. The van der Waals surface area contributed by atoms with Gasteiger partial charge in [0.1, 0.15) is 11.5 Å². The summed E-state index contributed by atoms with van der Waals surface area (Å²) in [5.41, 5.74) is 1.35. The molecule has 0 bridgehead atoms. The second-order valence-electron chi connectivity index (χ2n) is 4.48. The van der Waals surface area contributed by atoms with E-state index in [0.29, 0.717) is 17.4 Å². The SMILES string of the molecule is Cc1nc(NC(=O)c2cnc(-c3ccccc3)n2C)no1. The van der Waals surface area contributed by atoms with E-state index in [1.165, 1.54) is 6.20 Å². The predicted molar refractivity (Wildman–Crippen MR) is 75.6 cm³/mol. The largest absolute Gasteiger partial charge is 0.338 e. The number of aromatic nitrogens is 4. The fourth-order valence-electron chi connectivity index (χ4n) is 1.99. The molecule has 0 aliphatic carbocycles. The van der Waals surface area contributed by atoms with Gasteiger partial charge < -0.3 is 9.09 Å². The van der Waals surface area contributed by atoms with Gasteiger partial charge in [0.15, 0.2) is 0 Å². The molecule has 0 aliphatic rings. The molecule has 1 amide bonds. The molecule has 1 aromatic carbocycles. The van der Waals surface area contributed by atoms with Crippen LogP contribution in [0.25, 0.3) is 11.4 Å². The van der Waals surface area contributed by atoms with Crippen LogP contribution in [-0.2, 0) is 7.05 Å². The van der Waals surface area contributed by atoms with Crippen molar-refractivity contribution in [2.24, 2.45) is 7.05 Å². The molecule has 7 heteroatoms. The van der Waals surface area contributed by atoms with Crippen molar-refractivity contribution in [1.82, 2.24) is 19.7 Å². The molecule has 0 saturated heterocycles. The van der Waals surface area contributed by atoms with Crippen LogP contribution in [0, 0.1) is 6.92 Å². The van der Waals surface area contributed by atoms with Crippen molar-refractivity contribution < 1.29 is 9.32 Å². The molecular weight excluding hydrogens is 270 g/mol. The fourth-order valence-corrected chi connectivity index (χ4v) is 1.99. The number of carbonyl (C=O) groups excluding carboxylic acids is 1. The van der Waals surface area contributed by atoms with Gasteiger partial charge in [0.2, 0.25) is 5.89 Å². The smallest absolute Gasteiger partial charge is 0.276 e. The number of hydrogen-bond donors (Lipinski definition) is 1. The number of nitrogens with one attached hydrogen (secondary N) is 1. The van der Waals surface area contributed by atoms with Gasteiger partial charge in [-0.15, -0.1) is 0 Å². The zero-order valence-corrected chi connectivity index (χ0v) is 11.6. The summed E-state index contributed by atoms with van der Waals surface area (Å²) in [6, 6.07) is 9.65. The standard InChI is InChI=1S/C14H13N5O2/c1-9-16-14(18-21-9)17-13(20)11-8-15-12(19(11)2)10-6-4-3-5-7-10/h3-8H,1-2H3,(H,17,18,20). The predicted octanol–water partition coefficient (Wildman–Crippen LogP) is 2.03. The Morgan fingerprint density at radius 3 is 2.71 bits per heavy atom. The Kier molecular flexibility index (Phi) is 3.23. The first-order valence-corrected chi connectivity index (χ1v) is 6.34. The first-order valence-electron chi connectivity index (χ1n) is 6.34. The van der Waals surface area contributed by atoms with Crippen molar-refractivity contribution in [2.75, 3.05) is 5.32 Å². The Morgan fingerprint density at radius 1 is 1.29 bits per heavy atom. The molecule has 0 spiro atoms. The highest BCUT2D eigenvalue weighted by atomic mass is 16.5. The van der Waals surface area contributed by atoms with Crippen LogP contribution in [0.2, 0.25) is 0 Å². The number of aryl methyl sites for hydroxylation is 1. The third-order valence-electron chi connectivity index (χ3n) is 3.01. The van der Waals surface area contributed by atoms with Crippen molar-refractivity contribution >= 4 is 11.9 Å². The summed E-state index contributed by atoms with van der Waals surface area (Å²) in [6.45, 7) is 1.65. The molecule has 2 heterocycles. The summed E-state index contributed by atoms with van der Waals surface area (Å²) in [7, 11) is 1.78. The van der Waals surface area contributed by atoms with Gasteiger partial charge >= 0.3 is 0 Å². The lowest BCUT2D eigenvalue weighted by molar-refractivity contribution is 0.101. The third kappa shape index (κ3) is 2.53. The van der Waals surface area contributed by atoms with Gasteiger partial charge in [-0.3, -0.25) is 10.1 Å². The Hall–Kier alpha value is -2.96. The minimum atomic E-state index is -0.340. The maximum absolute atomic E-state index is 12.2. The fraction of sp³-hybridized carbons (Fsp3) is 0.143. The molecule has 0 aliphatic heterocycles. The van der Waals surface area contributed by atoms with Crippen molar-refractivity contribution in [3.8, 4) is 11.4 Å². The van der Waals surface area contributed by atoms with Crippen molar-refractivity contribution in [2.45, 2.75) is 6.92 Å². The lowest BCUT2D eigenvalue weighted by Gasteiger charge is -2.05. The average Bonchev–Trinajstić information content (AvgIpc) is 3.06. The van der Waals surface area contributed by atoms with Crippen LogP contribution >= 0.6 is 0 Å². The van der Waals surface area contributed by atoms with Crippen LogP contribution in [0.3, 0.4) is 0 Å². The van der Waals surface area contributed by atoms with Gasteiger partial charge in [0.25, 0.3) is 11.9 Å². The number of amides is 1. The number of rotatable bonds is 3. The Morgan fingerprint density at radius 2 is 2.05 bits per heavy atom. The van der Waals surface area contributed by atoms with Crippen molar-refractivity contribution in [3.05, 3.63) is 48.1 Å². The molecule has 0 fully saturated rings. The monoisotopic (exact) mass is 283 g/mol. The van der Waals surface area contributed by atoms with Gasteiger partial charge in [-0.1, -0.05) is 30.3 Å². The molecule has 0 saturated carbocycles. The quantitative estimate of drug-likeness (QED) is 0.794. The zero-order chi connectivity index (χ0) is 14.8.